The van der Waals surface area contributed by atoms with Crippen molar-refractivity contribution in [2.75, 3.05) is 20.6 Å². The van der Waals surface area contributed by atoms with E-state index in [-0.39, 0.29) is 0 Å². The maximum absolute atomic E-state index is 3.93. The van der Waals surface area contributed by atoms with E-state index in [4.69, 9.17) is 0 Å². The maximum Gasteiger partial charge on any atom is 0.0359 e. The lowest BCUT2D eigenvalue weighted by molar-refractivity contribution is 0.0429. The Labute approximate surface area is 126 Å². The molecule has 2 fully saturated rings. The molecule has 0 aromatic heterocycles. The predicted octanol–water partition coefficient (Wildman–Crippen LogP) is 4.20. The van der Waals surface area contributed by atoms with Gasteiger partial charge in [-0.1, -0.05) is 51.9 Å². The molecule has 0 radical (unpaired) electrons. The van der Waals surface area contributed by atoms with Crippen LogP contribution in [0.1, 0.15) is 77.6 Å². The summed E-state index contributed by atoms with van der Waals surface area (Å²) in [6.45, 7) is 3.41. The summed E-state index contributed by atoms with van der Waals surface area (Å²) < 4.78 is 0. The van der Waals surface area contributed by atoms with Crippen LogP contribution in [0.25, 0.3) is 0 Å². The van der Waals surface area contributed by atoms with Gasteiger partial charge in [0.25, 0.3) is 0 Å². The van der Waals surface area contributed by atoms with Crippen LogP contribution in [-0.2, 0) is 0 Å². The standard InChI is InChI=1S/C18H36N2/c1-4-19-17(16-12-8-7-9-13-16)18(20(2)3)14-10-5-6-11-15-18/h16-17,19H,4-15H2,1-3H3. The fourth-order valence-electron chi connectivity index (χ4n) is 4.86. The van der Waals surface area contributed by atoms with E-state index in [1.165, 1.54) is 70.6 Å². The topological polar surface area (TPSA) is 15.3 Å². The molecule has 0 bridgehead atoms. The number of hydrogen-bond donors (Lipinski definition) is 1. The molecule has 1 atom stereocenters. The zero-order valence-electron chi connectivity index (χ0n) is 14.1. The molecule has 2 aliphatic carbocycles. The molecule has 118 valence electrons. The van der Waals surface area contributed by atoms with Crippen LogP contribution >= 0.6 is 0 Å². The molecule has 0 heterocycles. The van der Waals surface area contributed by atoms with E-state index in [0.29, 0.717) is 11.6 Å². The summed E-state index contributed by atoms with van der Waals surface area (Å²) in [5.74, 6) is 0.907. The number of likely N-dealkylation sites (N-methyl/N-ethyl adjacent to an activating group) is 2. The molecule has 2 heteroatoms. The monoisotopic (exact) mass is 280 g/mol. The number of rotatable bonds is 5. The van der Waals surface area contributed by atoms with Gasteiger partial charge in [-0.25, -0.2) is 0 Å². The van der Waals surface area contributed by atoms with Crippen LogP contribution in [0.2, 0.25) is 0 Å². The van der Waals surface area contributed by atoms with Gasteiger partial charge in [-0.05, 0) is 52.2 Å². The summed E-state index contributed by atoms with van der Waals surface area (Å²) in [6.07, 6.45) is 15.8. The van der Waals surface area contributed by atoms with E-state index in [1.807, 2.05) is 0 Å². The highest BCUT2D eigenvalue weighted by Crippen LogP contribution is 2.40. The number of hydrogen-bond acceptors (Lipinski definition) is 2. The van der Waals surface area contributed by atoms with Crippen molar-refractivity contribution in [1.29, 1.82) is 0 Å². The number of nitrogens with zero attached hydrogens (tertiary/aromatic N) is 1. The summed E-state index contributed by atoms with van der Waals surface area (Å²) in [7, 11) is 4.66. The normalized spacial score (nSPS) is 26.4. The van der Waals surface area contributed by atoms with E-state index in [1.54, 1.807) is 0 Å². The third-order valence-electron chi connectivity index (χ3n) is 5.98. The molecule has 0 aromatic rings. The lowest BCUT2D eigenvalue weighted by Crippen LogP contribution is -2.62. The smallest absolute Gasteiger partial charge is 0.0359 e. The average molecular weight is 280 g/mol. The molecule has 1 N–H and O–H groups in total. The molecule has 0 aliphatic heterocycles. The Balaban J connectivity index is 2.20. The lowest BCUT2D eigenvalue weighted by atomic mass is 9.71. The first-order chi connectivity index (χ1) is 9.70. The summed E-state index contributed by atoms with van der Waals surface area (Å²) >= 11 is 0. The molecule has 2 aliphatic rings. The highest BCUT2D eigenvalue weighted by atomic mass is 15.2. The van der Waals surface area contributed by atoms with E-state index in [0.717, 1.165) is 12.5 Å². The molecule has 0 amide bonds. The minimum atomic E-state index is 0.411. The van der Waals surface area contributed by atoms with E-state index >= 15 is 0 Å². The van der Waals surface area contributed by atoms with Gasteiger partial charge >= 0.3 is 0 Å². The van der Waals surface area contributed by atoms with Crippen molar-refractivity contribution in [2.24, 2.45) is 5.92 Å². The van der Waals surface area contributed by atoms with Crippen LogP contribution in [0, 0.1) is 5.92 Å². The Morgan fingerprint density at radius 1 is 0.950 bits per heavy atom. The van der Waals surface area contributed by atoms with Gasteiger partial charge in [0.05, 0.1) is 0 Å². The second kappa shape index (κ2) is 7.79. The molecule has 2 saturated carbocycles. The fraction of sp³-hybridized carbons (Fsp3) is 1.00. The first kappa shape index (κ1) is 16.3. The highest BCUT2D eigenvalue weighted by molar-refractivity contribution is 5.02. The van der Waals surface area contributed by atoms with Crippen molar-refractivity contribution < 1.29 is 0 Å². The Hall–Kier alpha value is -0.0800. The predicted molar refractivity (Wildman–Crippen MR) is 88.2 cm³/mol. The van der Waals surface area contributed by atoms with Crippen molar-refractivity contribution in [1.82, 2.24) is 10.2 Å². The minimum absolute atomic E-state index is 0.411. The Morgan fingerprint density at radius 3 is 2.00 bits per heavy atom. The van der Waals surface area contributed by atoms with Gasteiger partial charge in [-0.15, -0.1) is 0 Å². The SMILES string of the molecule is CCNC(C1CCCCC1)C1(N(C)C)CCCCCC1. The molecule has 0 aromatic carbocycles. The van der Waals surface area contributed by atoms with Crippen molar-refractivity contribution in [3.05, 3.63) is 0 Å². The largest absolute Gasteiger partial charge is 0.312 e. The van der Waals surface area contributed by atoms with Gasteiger partial charge in [0.1, 0.15) is 0 Å². The Kier molecular flexibility index (Phi) is 6.35. The van der Waals surface area contributed by atoms with E-state index in [2.05, 4.69) is 31.2 Å². The molecule has 0 saturated heterocycles. The van der Waals surface area contributed by atoms with Crippen LogP contribution in [0.4, 0.5) is 0 Å². The molecule has 2 nitrogen and oxygen atoms in total. The van der Waals surface area contributed by atoms with E-state index in [9.17, 15) is 0 Å². The minimum Gasteiger partial charge on any atom is -0.312 e. The van der Waals surface area contributed by atoms with Gasteiger partial charge < -0.3 is 10.2 Å². The van der Waals surface area contributed by atoms with Crippen molar-refractivity contribution in [3.63, 3.8) is 0 Å². The molecular weight excluding hydrogens is 244 g/mol. The lowest BCUT2D eigenvalue weighted by Gasteiger charge is -2.50. The molecule has 20 heavy (non-hydrogen) atoms. The van der Waals surface area contributed by atoms with Crippen molar-refractivity contribution in [3.8, 4) is 0 Å². The second-order valence-electron chi connectivity index (χ2n) is 7.35. The number of nitrogens with one attached hydrogen (secondary N) is 1. The summed E-state index contributed by atoms with van der Waals surface area (Å²) in [5.41, 5.74) is 0.411. The maximum atomic E-state index is 3.93. The average Bonchev–Trinajstić information content (AvgIpc) is 2.72. The van der Waals surface area contributed by atoms with Crippen LogP contribution in [-0.4, -0.2) is 37.1 Å². The van der Waals surface area contributed by atoms with Crippen LogP contribution in [0.3, 0.4) is 0 Å². The van der Waals surface area contributed by atoms with Crippen LogP contribution < -0.4 is 5.32 Å². The van der Waals surface area contributed by atoms with E-state index < -0.39 is 0 Å². The van der Waals surface area contributed by atoms with Gasteiger partial charge in [0, 0.05) is 11.6 Å². The first-order valence-electron chi connectivity index (χ1n) is 9.11. The van der Waals surface area contributed by atoms with Gasteiger partial charge in [0.15, 0.2) is 0 Å². The molecular formula is C18H36N2. The second-order valence-corrected chi connectivity index (χ2v) is 7.35. The van der Waals surface area contributed by atoms with Crippen molar-refractivity contribution >= 4 is 0 Å². The third kappa shape index (κ3) is 3.57. The zero-order chi connectivity index (χ0) is 14.4. The summed E-state index contributed by atoms with van der Waals surface area (Å²) in [6, 6.07) is 0.709. The van der Waals surface area contributed by atoms with Gasteiger partial charge in [-0.2, -0.15) is 0 Å². The van der Waals surface area contributed by atoms with Crippen molar-refractivity contribution in [2.45, 2.75) is 89.1 Å². The summed E-state index contributed by atoms with van der Waals surface area (Å²) in [4.78, 5) is 2.58. The summed E-state index contributed by atoms with van der Waals surface area (Å²) in [5, 5.41) is 3.93. The van der Waals surface area contributed by atoms with Crippen LogP contribution in [0.15, 0.2) is 0 Å². The zero-order valence-corrected chi connectivity index (χ0v) is 14.1. The molecule has 0 spiro atoms. The third-order valence-corrected chi connectivity index (χ3v) is 5.98. The Bertz CT molecular complexity index is 261. The highest BCUT2D eigenvalue weighted by Gasteiger charge is 2.44. The van der Waals surface area contributed by atoms with Gasteiger partial charge in [0.2, 0.25) is 0 Å². The Morgan fingerprint density at radius 2 is 1.50 bits per heavy atom. The molecule has 1 unspecified atom stereocenters. The molecule has 2 rings (SSSR count). The first-order valence-corrected chi connectivity index (χ1v) is 9.11. The van der Waals surface area contributed by atoms with Crippen LogP contribution in [0.5, 0.6) is 0 Å². The van der Waals surface area contributed by atoms with Gasteiger partial charge in [-0.3, -0.25) is 0 Å². The quantitative estimate of drug-likeness (QED) is 0.759. The fourth-order valence-corrected chi connectivity index (χ4v) is 4.86.